The highest BCUT2D eigenvalue weighted by atomic mass is 16.5. The summed E-state index contributed by atoms with van der Waals surface area (Å²) in [7, 11) is 1.42. The maximum Gasteiger partial charge on any atom is 0.338 e. The standard InChI is InChI=1S/C14H19NO2/c1-10-7-12(10)9-15-8-11-5-3-4-6-13(11)14(16)17-2/h3-6,10,12,15H,7-9H2,1-2H3. The maximum absolute atomic E-state index is 11.5. The monoisotopic (exact) mass is 233 g/mol. The van der Waals surface area contributed by atoms with Crippen molar-refractivity contribution in [1.29, 1.82) is 0 Å². The fourth-order valence-corrected chi connectivity index (χ4v) is 2.06. The van der Waals surface area contributed by atoms with Gasteiger partial charge in [0.05, 0.1) is 12.7 Å². The smallest absolute Gasteiger partial charge is 0.338 e. The molecule has 0 spiro atoms. The number of carbonyl (C=O) groups excluding carboxylic acids is 1. The summed E-state index contributed by atoms with van der Waals surface area (Å²) in [4.78, 5) is 11.5. The fraction of sp³-hybridized carbons (Fsp3) is 0.500. The second-order valence-corrected chi connectivity index (χ2v) is 4.75. The van der Waals surface area contributed by atoms with Crippen LogP contribution in [0.3, 0.4) is 0 Å². The molecule has 2 rings (SSSR count). The lowest BCUT2D eigenvalue weighted by Gasteiger charge is -2.08. The van der Waals surface area contributed by atoms with Crippen molar-refractivity contribution < 1.29 is 9.53 Å². The molecule has 1 aliphatic rings. The quantitative estimate of drug-likeness (QED) is 0.792. The Morgan fingerprint density at radius 3 is 2.82 bits per heavy atom. The van der Waals surface area contributed by atoms with E-state index in [0.717, 1.165) is 30.5 Å². The molecule has 1 fully saturated rings. The largest absolute Gasteiger partial charge is 0.465 e. The van der Waals surface area contributed by atoms with Gasteiger partial charge in [0.25, 0.3) is 0 Å². The summed E-state index contributed by atoms with van der Waals surface area (Å²) >= 11 is 0. The summed E-state index contributed by atoms with van der Waals surface area (Å²) in [6.07, 6.45) is 1.33. The molecular formula is C14H19NO2. The van der Waals surface area contributed by atoms with Gasteiger partial charge in [-0.1, -0.05) is 25.1 Å². The molecule has 1 saturated carbocycles. The number of esters is 1. The van der Waals surface area contributed by atoms with Crippen LogP contribution in [0.5, 0.6) is 0 Å². The average molecular weight is 233 g/mol. The summed E-state index contributed by atoms with van der Waals surface area (Å²) < 4.78 is 4.77. The van der Waals surface area contributed by atoms with Crippen LogP contribution < -0.4 is 5.32 Å². The van der Waals surface area contributed by atoms with E-state index >= 15 is 0 Å². The molecular weight excluding hydrogens is 214 g/mol. The van der Waals surface area contributed by atoms with Crippen LogP contribution in [-0.2, 0) is 11.3 Å². The lowest BCUT2D eigenvalue weighted by atomic mass is 10.1. The van der Waals surface area contributed by atoms with Crippen molar-refractivity contribution in [2.45, 2.75) is 19.9 Å². The van der Waals surface area contributed by atoms with Gasteiger partial charge in [0, 0.05) is 6.54 Å². The van der Waals surface area contributed by atoms with E-state index < -0.39 is 0 Å². The number of benzene rings is 1. The van der Waals surface area contributed by atoms with Gasteiger partial charge in [-0.25, -0.2) is 4.79 Å². The molecule has 92 valence electrons. The van der Waals surface area contributed by atoms with Crippen molar-refractivity contribution in [3.05, 3.63) is 35.4 Å². The highest BCUT2D eigenvalue weighted by Gasteiger charge is 2.31. The first-order valence-electron chi connectivity index (χ1n) is 6.09. The second kappa shape index (κ2) is 5.32. The second-order valence-electron chi connectivity index (χ2n) is 4.75. The molecule has 17 heavy (non-hydrogen) atoms. The molecule has 1 aliphatic carbocycles. The minimum absolute atomic E-state index is 0.262. The van der Waals surface area contributed by atoms with Gasteiger partial charge in [0.2, 0.25) is 0 Å². The number of hydrogen-bond acceptors (Lipinski definition) is 3. The Morgan fingerprint density at radius 2 is 2.18 bits per heavy atom. The number of hydrogen-bond donors (Lipinski definition) is 1. The molecule has 0 bridgehead atoms. The Bertz CT molecular complexity index is 403. The van der Waals surface area contributed by atoms with Crippen LogP contribution in [0.1, 0.15) is 29.3 Å². The molecule has 3 heteroatoms. The molecule has 0 saturated heterocycles. The van der Waals surface area contributed by atoms with Gasteiger partial charge >= 0.3 is 5.97 Å². The van der Waals surface area contributed by atoms with Crippen molar-refractivity contribution in [3.8, 4) is 0 Å². The van der Waals surface area contributed by atoms with Crippen LogP contribution in [-0.4, -0.2) is 19.6 Å². The molecule has 2 atom stereocenters. The summed E-state index contributed by atoms with van der Waals surface area (Å²) in [5, 5.41) is 3.41. The molecule has 1 aromatic carbocycles. The van der Waals surface area contributed by atoms with Gasteiger partial charge < -0.3 is 10.1 Å². The first-order chi connectivity index (χ1) is 8.22. The van der Waals surface area contributed by atoms with Gasteiger partial charge in [-0.3, -0.25) is 0 Å². The van der Waals surface area contributed by atoms with E-state index in [1.54, 1.807) is 0 Å². The first kappa shape index (κ1) is 12.1. The Morgan fingerprint density at radius 1 is 1.47 bits per heavy atom. The lowest BCUT2D eigenvalue weighted by Crippen LogP contribution is -2.19. The van der Waals surface area contributed by atoms with Crippen LogP contribution in [0.4, 0.5) is 0 Å². The van der Waals surface area contributed by atoms with E-state index in [2.05, 4.69) is 12.2 Å². The minimum atomic E-state index is -0.262. The molecule has 0 aromatic heterocycles. The van der Waals surface area contributed by atoms with Gasteiger partial charge in [0.1, 0.15) is 0 Å². The number of methoxy groups -OCH3 is 1. The van der Waals surface area contributed by atoms with E-state index in [9.17, 15) is 4.79 Å². The molecule has 1 N–H and O–H groups in total. The van der Waals surface area contributed by atoms with Crippen LogP contribution in [0.25, 0.3) is 0 Å². The molecule has 0 radical (unpaired) electrons. The highest BCUT2D eigenvalue weighted by Crippen LogP contribution is 2.36. The van der Waals surface area contributed by atoms with Crippen molar-refractivity contribution in [2.24, 2.45) is 11.8 Å². The number of carbonyl (C=O) groups is 1. The average Bonchev–Trinajstić information content (AvgIpc) is 3.05. The maximum atomic E-state index is 11.5. The Labute approximate surface area is 102 Å². The topological polar surface area (TPSA) is 38.3 Å². The van der Waals surface area contributed by atoms with Gasteiger partial charge in [-0.05, 0) is 36.4 Å². The lowest BCUT2D eigenvalue weighted by molar-refractivity contribution is 0.0599. The molecule has 0 aliphatic heterocycles. The van der Waals surface area contributed by atoms with Crippen molar-refractivity contribution in [1.82, 2.24) is 5.32 Å². The molecule has 0 amide bonds. The number of nitrogens with one attached hydrogen (secondary N) is 1. The fourth-order valence-electron chi connectivity index (χ4n) is 2.06. The van der Waals surface area contributed by atoms with Gasteiger partial charge in [-0.15, -0.1) is 0 Å². The van der Waals surface area contributed by atoms with E-state index in [4.69, 9.17) is 4.74 Å². The normalized spacial score (nSPS) is 22.2. The van der Waals surface area contributed by atoms with Gasteiger partial charge in [0.15, 0.2) is 0 Å². The van der Waals surface area contributed by atoms with Crippen LogP contribution >= 0.6 is 0 Å². The van der Waals surface area contributed by atoms with Gasteiger partial charge in [-0.2, -0.15) is 0 Å². The first-order valence-corrected chi connectivity index (χ1v) is 6.09. The van der Waals surface area contributed by atoms with E-state index in [-0.39, 0.29) is 5.97 Å². The molecule has 2 unspecified atom stereocenters. The molecule has 0 heterocycles. The Hall–Kier alpha value is -1.35. The SMILES string of the molecule is COC(=O)c1ccccc1CNCC1CC1C. The van der Waals surface area contributed by atoms with Crippen molar-refractivity contribution >= 4 is 5.97 Å². The van der Waals surface area contributed by atoms with E-state index in [0.29, 0.717) is 5.56 Å². The zero-order valence-electron chi connectivity index (χ0n) is 10.4. The van der Waals surface area contributed by atoms with Crippen molar-refractivity contribution in [3.63, 3.8) is 0 Å². The predicted molar refractivity (Wildman–Crippen MR) is 66.8 cm³/mol. The van der Waals surface area contributed by atoms with Crippen LogP contribution in [0.2, 0.25) is 0 Å². The third kappa shape index (κ3) is 3.07. The van der Waals surface area contributed by atoms with Crippen LogP contribution in [0, 0.1) is 11.8 Å². The number of rotatable bonds is 5. The summed E-state index contributed by atoms with van der Waals surface area (Å²) in [5.41, 5.74) is 1.67. The van der Waals surface area contributed by atoms with E-state index in [1.165, 1.54) is 13.5 Å². The predicted octanol–water partition coefficient (Wildman–Crippen LogP) is 2.22. The summed E-state index contributed by atoms with van der Waals surface area (Å²) in [6.45, 7) is 4.04. The zero-order chi connectivity index (χ0) is 12.3. The summed E-state index contributed by atoms with van der Waals surface area (Å²) in [5.74, 6) is 1.42. The van der Waals surface area contributed by atoms with Crippen molar-refractivity contribution in [2.75, 3.05) is 13.7 Å². The van der Waals surface area contributed by atoms with E-state index in [1.807, 2.05) is 24.3 Å². The molecule has 3 nitrogen and oxygen atoms in total. The number of ether oxygens (including phenoxy) is 1. The summed E-state index contributed by atoms with van der Waals surface area (Å²) in [6, 6.07) is 7.58. The highest BCUT2D eigenvalue weighted by molar-refractivity contribution is 5.90. The van der Waals surface area contributed by atoms with Crippen LogP contribution in [0.15, 0.2) is 24.3 Å². The third-order valence-corrected chi connectivity index (χ3v) is 3.42. The Balaban J connectivity index is 1.92. The zero-order valence-corrected chi connectivity index (χ0v) is 10.4. The molecule has 1 aromatic rings. The third-order valence-electron chi connectivity index (χ3n) is 3.42. The minimum Gasteiger partial charge on any atom is -0.465 e. The Kier molecular flexibility index (Phi) is 3.79.